The molecule has 5 heteroatoms. The smallest absolute Gasteiger partial charge is 0.223 e. The van der Waals surface area contributed by atoms with Gasteiger partial charge in [0.15, 0.2) is 0 Å². The molecule has 138 valence electrons. The van der Waals surface area contributed by atoms with Gasteiger partial charge in [-0.2, -0.15) is 0 Å². The minimum Gasteiger partial charge on any atom is -0.369 e. The summed E-state index contributed by atoms with van der Waals surface area (Å²) in [6.45, 7) is 7.56. The molecule has 0 radical (unpaired) electrons. The third-order valence-electron chi connectivity index (χ3n) is 5.64. The molecule has 0 saturated carbocycles. The zero-order chi connectivity index (χ0) is 17.8. The lowest BCUT2D eigenvalue weighted by molar-refractivity contribution is -0.145. The van der Waals surface area contributed by atoms with Crippen LogP contribution >= 0.6 is 11.6 Å². The van der Waals surface area contributed by atoms with Gasteiger partial charge < -0.3 is 15.0 Å². The summed E-state index contributed by atoms with van der Waals surface area (Å²) in [6, 6.07) is 7.86. The standard InChI is InChI=1S/C20H29ClN2O2/c1-14(16-6-5-9-22-11-16)10-20(24)23-12-19(25-13-15(23)2)17-7-3-4-8-18(17)21/h3-4,7-8,14-16,19,22H,5-6,9-13H2,1-2H3. The monoisotopic (exact) mass is 364 g/mol. The van der Waals surface area contributed by atoms with Gasteiger partial charge in [-0.3, -0.25) is 4.79 Å². The Kier molecular flexibility index (Phi) is 6.37. The van der Waals surface area contributed by atoms with Crippen LogP contribution in [0.25, 0.3) is 0 Å². The summed E-state index contributed by atoms with van der Waals surface area (Å²) < 4.78 is 5.97. The van der Waals surface area contributed by atoms with Crippen LogP contribution in [0.5, 0.6) is 0 Å². The van der Waals surface area contributed by atoms with Crippen LogP contribution in [-0.4, -0.2) is 43.1 Å². The Morgan fingerprint density at radius 1 is 1.44 bits per heavy atom. The summed E-state index contributed by atoms with van der Waals surface area (Å²) in [7, 11) is 0. The number of nitrogens with one attached hydrogen (secondary N) is 1. The van der Waals surface area contributed by atoms with Crippen LogP contribution in [0.2, 0.25) is 5.02 Å². The lowest BCUT2D eigenvalue weighted by Crippen LogP contribution is -2.49. The summed E-state index contributed by atoms with van der Waals surface area (Å²) in [4.78, 5) is 14.9. The highest BCUT2D eigenvalue weighted by Crippen LogP contribution is 2.31. The van der Waals surface area contributed by atoms with E-state index in [-0.39, 0.29) is 18.1 Å². The quantitative estimate of drug-likeness (QED) is 0.886. The molecule has 0 aliphatic carbocycles. The van der Waals surface area contributed by atoms with E-state index in [1.165, 1.54) is 12.8 Å². The molecular weight excluding hydrogens is 336 g/mol. The molecule has 4 nitrogen and oxygen atoms in total. The Morgan fingerprint density at radius 3 is 2.96 bits per heavy atom. The Morgan fingerprint density at radius 2 is 2.24 bits per heavy atom. The van der Waals surface area contributed by atoms with E-state index in [2.05, 4.69) is 19.2 Å². The second kappa shape index (κ2) is 8.52. The zero-order valence-electron chi connectivity index (χ0n) is 15.2. The van der Waals surface area contributed by atoms with E-state index >= 15 is 0 Å². The number of piperidine rings is 1. The normalized spacial score (nSPS) is 28.6. The van der Waals surface area contributed by atoms with Crippen LogP contribution in [0.4, 0.5) is 0 Å². The van der Waals surface area contributed by atoms with Crippen LogP contribution in [0, 0.1) is 11.8 Å². The van der Waals surface area contributed by atoms with Crippen molar-refractivity contribution in [3.8, 4) is 0 Å². The van der Waals surface area contributed by atoms with E-state index < -0.39 is 0 Å². The highest BCUT2D eigenvalue weighted by Gasteiger charge is 2.33. The summed E-state index contributed by atoms with van der Waals surface area (Å²) in [5.41, 5.74) is 0.971. The van der Waals surface area contributed by atoms with E-state index in [0.29, 0.717) is 36.4 Å². The molecule has 0 bridgehead atoms. The Labute approximate surface area is 155 Å². The fourth-order valence-corrected chi connectivity index (χ4v) is 4.21. The minimum atomic E-state index is -0.138. The number of amides is 1. The number of rotatable bonds is 4. The molecule has 0 spiro atoms. The first kappa shape index (κ1) is 18.7. The molecule has 2 heterocycles. The van der Waals surface area contributed by atoms with Gasteiger partial charge in [0.1, 0.15) is 6.10 Å². The first-order valence-electron chi connectivity index (χ1n) is 9.42. The van der Waals surface area contributed by atoms with Gasteiger partial charge in [-0.05, 0) is 50.8 Å². The first-order chi connectivity index (χ1) is 12.1. The number of carbonyl (C=O) groups excluding carboxylic acids is 1. The van der Waals surface area contributed by atoms with Crippen LogP contribution in [0.1, 0.15) is 44.8 Å². The van der Waals surface area contributed by atoms with Crippen molar-refractivity contribution in [3.05, 3.63) is 34.9 Å². The summed E-state index contributed by atoms with van der Waals surface area (Å²) in [6.07, 6.45) is 2.92. The van der Waals surface area contributed by atoms with E-state index in [0.717, 1.165) is 18.7 Å². The Bertz CT molecular complexity index is 589. The molecule has 2 fully saturated rings. The van der Waals surface area contributed by atoms with Gasteiger partial charge in [-0.1, -0.05) is 36.7 Å². The van der Waals surface area contributed by atoms with Crippen LogP contribution in [0.15, 0.2) is 24.3 Å². The Hall–Kier alpha value is -1.10. The number of ether oxygens (including phenoxy) is 1. The number of benzene rings is 1. The molecule has 1 amide bonds. The molecule has 2 saturated heterocycles. The van der Waals surface area contributed by atoms with Gasteiger partial charge in [0.2, 0.25) is 5.91 Å². The average Bonchev–Trinajstić information content (AvgIpc) is 2.63. The molecule has 25 heavy (non-hydrogen) atoms. The largest absolute Gasteiger partial charge is 0.369 e. The maximum Gasteiger partial charge on any atom is 0.223 e. The van der Waals surface area contributed by atoms with Crippen LogP contribution in [-0.2, 0) is 9.53 Å². The lowest BCUT2D eigenvalue weighted by atomic mass is 9.85. The van der Waals surface area contributed by atoms with Crippen LogP contribution < -0.4 is 5.32 Å². The van der Waals surface area contributed by atoms with Crippen molar-refractivity contribution >= 4 is 17.5 Å². The van der Waals surface area contributed by atoms with Gasteiger partial charge in [-0.15, -0.1) is 0 Å². The van der Waals surface area contributed by atoms with E-state index in [9.17, 15) is 4.79 Å². The summed E-state index contributed by atoms with van der Waals surface area (Å²) in [5.74, 6) is 1.26. The second-order valence-corrected chi connectivity index (χ2v) is 7.93. The number of hydrogen-bond donors (Lipinski definition) is 1. The maximum absolute atomic E-state index is 12.9. The number of hydrogen-bond acceptors (Lipinski definition) is 3. The van der Waals surface area contributed by atoms with Crippen LogP contribution in [0.3, 0.4) is 0 Å². The molecule has 1 aromatic rings. The third kappa shape index (κ3) is 4.55. The number of halogens is 1. The predicted molar refractivity (Wildman–Crippen MR) is 101 cm³/mol. The highest BCUT2D eigenvalue weighted by atomic mass is 35.5. The van der Waals surface area contributed by atoms with Crippen molar-refractivity contribution in [1.82, 2.24) is 10.2 Å². The highest BCUT2D eigenvalue weighted by molar-refractivity contribution is 6.31. The molecule has 3 rings (SSSR count). The zero-order valence-corrected chi connectivity index (χ0v) is 16.0. The van der Waals surface area contributed by atoms with Crippen molar-refractivity contribution in [1.29, 1.82) is 0 Å². The predicted octanol–water partition coefficient (Wildman–Crippen LogP) is 3.65. The number of nitrogens with zero attached hydrogens (tertiary/aromatic N) is 1. The second-order valence-electron chi connectivity index (χ2n) is 7.53. The van der Waals surface area contributed by atoms with E-state index in [4.69, 9.17) is 16.3 Å². The molecule has 0 aromatic heterocycles. The Balaban J connectivity index is 1.63. The molecule has 1 aromatic carbocycles. The van der Waals surface area contributed by atoms with Gasteiger partial charge in [0.25, 0.3) is 0 Å². The van der Waals surface area contributed by atoms with Crippen molar-refractivity contribution in [2.24, 2.45) is 11.8 Å². The van der Waals surface area contributed by atoms with Crippen molar-refractivity contribution in [2.45, 2.75) is 45.3 Å². The van der Waals surface area contributed by atoms with Gasteiger partial charge >= 0.3 is 0 Å². The molecule has 2 aliphatic rings. The topological polar surface area (TPSA) is 41.6 Å². The van der Waals surface area contributed by atoms with Crippen molar-refractivity contribution in [3.63, 3.8) is 0 Å². The molecule has 4 unspecified atom stereocenters. The van der Waals surface area contributed by atoms with Gasteiger partial charge in [0.05, 0.1) is 19.2 Å². The number of carbonyl (C=O) groups is 1. The first-order valence-corrected chi connectivity index (χ1v) is 9.80. The molecule has 4 atom stereocenters. The summed E-state index contributed by atoms with van der Waals surface area (Å²) >= 11 is 6.32. The molecule has 2 aliphatic heterocycles. The fourth-order valence-electron chi connectivity index (χ4n) is 3.95. The maximum atomic E-state index is 12.9. The lowest BCUT2D eigenvalue weighted by Gasteiger charge is -2.39. The van der Waals surface area contributed by atoms with Crippen molar-refractivity contribution in [2.75, 3.05) is 26.2 Å². The third-order valence-corrected chi connectivity index (χ3v) is 5.99. The van der Waals surface area contributed by atoms with Gasteiger partial charge in [-0.25, -0.2) is 0 Å². The van der Waals surface area contributed by atoms with E-state index in [1.54, 1.807) is 0 Å². The van der Waals surface area contributed by atoms with Crippen molar-refractivity contribution < 1.29 is 9.53 Å². The SMILES string of the molecule is CC(CC(=O)N1CC(c2ccccc2Cl)OCC1C)C1CCCNC1. The van der Waals surface area contributed by atoms with E-state index in [1.807, 2.05) is 29.2 Å². The number of morpholine rings is 1. The summed E-state index contributed by atoms with van der Waals surface area (Å²) in [5, 5.41) is 4.16. The molecule has 1 N–H and O–H groups in total. The van der Waals surface area contributed by atoms with Gasteiger partial charge in [0, 0.05) is 17.0 Å². The average molecular weight is 365 g/mol. The molecular formula is C20H29ClN2O2. The minimum absolute atomic E-state index is 0.114. The fraction of sp³-hybridized carbons (Fsp3) is 0.650.